The molecule has 0 radical (unpaired) electrons. The number of hydrogen-bond donors (Lipinski definition) is 1. The first-order valence-corrected chi connectivity index (χ1v) is 8.44. The number of carbonyl (C=O) groups excluding carboxylic acids is 1. The third-order valence-electron chi connectivity index (χ3n) is 5.06. The monoisotopic (exact) mass is 302 g/mol. The van der Waals surface area contributed by atoms with Crippen molar-refractivity contribution in [3.63, 3.8) is 0 Å². The molecule has 2 unspecified atom stereocenters. The van der Waals surface area contributed by atoms with E-state index in [9.17, 15) is 4.79 Å². The Morgan fingerprint density at radius 2 is 2.09 bits per heavy atom. The van der Waals surface area contributed by atoms with Gasteiger partial charge in [-0.1, -0.05) is 18.9 Å². The van der Waals surface area contributed by atoms with E-state index in [1.807, 2.05) is 24.3 Å². The molecule has 22 heavy (non-hydrogen) atoms. The molecular weight excluding hydrogens is 276 g/mol. The smallest absolute Gasteiger partial charge is 0.238 e. The lowest BCUT2D eigenvalue weighted by molar-refractivity contribution is -0.118. The number of hydrogen-bond acceptors (Lipinski definition) is 3. The molecule has 4 heteroatoms. The Morgan fingerprint density at radius 3 is 2.95 bits per heavy atom. The lowest BCUT2D eigenvalue weighted by atomic mass is 9.78. The van der Waals surface area contributed by atoms with Crippen LogP contribution in [0.15, 0.2) is 24.3 Å². The van der Waals surface area contributed by atoms with Gasteiger partial charge in [0.05, 0.1) is 13.7 Å². The Labute approximate surface area is 132 Å². The standard InChI is InChI=1S/C18H26N2O2/c1-22-16-9-4-8-15(12-16)19-18(21)13-20-11-5-7-14-6-2-3-10-17(14)20/h4,8-9,12,14,17H,2-3,5-7,10-11,13H2,1H3,(H,19,21). The van der Waals surface area contributed by atoms with Crippen LogP contribution in [0.3, 0.4) is 0 Å². The second-order valence-electron chi connectivity index (χ2n) is 6.50. The van der Waals surface area contributed by atoms with Crippen molar-refractivity contribution in [2.75, 3.05) is 25.5 Å². The minimum absolute atomic E-state index is 0.0828. The molecule has 1 N–H and O–H groups in total. The van der Waals surface area contributed by atoms with Crippen LogP contribution in [0.2, 0.25) is 0 Å². The molecule has 0 bridgehead atoms. The Kier molecular flexibility index (Phi) is 4.98. The van der Waals surface area contributed by atoms with Crippen LogP contribution in [-0.2, 0) is 4.79 Å². The summed E-state index contributed by atoms with van der Waals surface area (Å²) in [5.74, 6) is 1.66. The number of methoxy groups -OCH3 is 1. The highest BCUT2D eigenvalue weighted by Crippen LogP contribution is 2.35. The van der Waals surface area contributed by atoms with Crippen molar-refractivity contribution in [1.29, 1.82) is 0 Å². The number of piperidine rings is 1. The molecule has 1 heterocycles. The van der Waals surface area contributed by atoms with Gasteiger partial charge in [-0.25, -0.2) is 0 Å². The Hall–Kier alpha value is -1.55. The van der Waals surface area contributed by atoms with E-state index in [0.29, 0.717) is 12.6 Å². The summed E-state index contributed by atoms with van der Waals surface area (Å²) in [5, 5.41) is 3.00. The first-order chi connectivity index (χ1) is 10.8. The second kappa shape index (κ2) is 7.14. The molecule has 1 aromatic carbocycles. The number of nitrogens with one attached hydrogen (secondary N) is 1. The van der Waals surface area contributed by atoms with Gasteiger partial charge in [-0.3, -0.25) is 9.69 Å². The SMILES string of the molecule is COc1cccc(NC(=O)CN2CCCC3CCCCC32)c1. The maximum absolute atomic E-state index is 12.4. The maximum Gasteiger partial charge on any atom is 0.238 e. The van der Waals surface area contributed by atoms with E-state index < -0.39 is 0 Å². The lowest BCUT2D eigenvalue weighted by Crippen LogP contribution is -2.49. The van der Waals surface area contributed by atoms with Gasteiger partial charge in [-0.05, 0) is 50.3 Å². The fraction of sp³-hybridized carbons (Fsp3) is 0.611. The van der Waals surface area contributed by atoms with Crippen LogP contribution in [0, 0.1) is 5.92 Å². The second-order valence-corrected chi connectivity index (χ2v) is 6.50. The maximum atomic E-state index is 12.4. The number of carbonyl (C=O) groups is 1. The quantitative estimate of drug-likeness (QED) is 0.928. The summed E-state index contributed by atoms with van der Waals surface area (Å²) < 4.78 is 5.20. The van der Waals surface area contributed by atoms with E-state index in [4.69, 9.17) is 4.74 Å². The van der Waals surface area contributed by atoms with Gasteiger partial charge in [0.2, 0.25) is 5.91 Å². The van der Waals surface area contributed by atoms with Crippen molar-refractivity contribution >= 4 is 11.6 Å². The van der Waals surface area contributed by atoms with E-state index in [2.05, 4.69) is 10.2 Å². The summed E-state index contributed by atoms with van der Waals surface area (Å²) in [6, 6.07) is 8.16. The molecule has 0 aromatic heterocycles. The van der Waals surface area contributed by atoms with E-state index in [0.717, 1.165) is 23.9 Å². The molecule has 1 saturated carbocycles. The number of benzene rings is 1. The zero-order valence-corrected chi connectivity index (χ0v) is 13.4. The van der Waals surface area contributed by atoms with Crippen LogP contribution in [0.1, 0.15) is 38.5 Å². The molecule has 2 fully saturated rings. The molecule has 1 aliphatic carbocycles. The minimum atomic E-state index is 0.0828. The van der Waals surface area contributed by atoms with E-state index in [1.54, 1.807) is 7.11 Å². The van der Waals surface area contributed by atoms with Gasteiger partial charge >= 0.3 is 0 Å². The highest BCUT2D eigenvalue weighted by molar-refractivity contribution is 5.92. The average molecular weight is 302 g/mol. The molecule has 1 saturated heterocycles. The normalized spacial score (nSPS) is 25.3. The molecule has 0 spiro atoms. The van der Waals surface area contributed by atoms with Crippen LogP contribution in [-0.4, -0.2) is 37.0 Å². The van der Waals surface area contributed by atoms with Gasteiger partial charge in [0.1, 0.15) is 5.75 Å². The van der Waals surface area contributed by atoms with Crippen molar-refractivity contribution in [3.05, 3.63) is 24.3 Å². The number of ether oxygens (including phenoxy) is 1. The van der Waals surface area contributed by atoms with Crippen molar-refractivity contribution < 1.29 is 9.53 Å². The average Bonchev–Trinajstić information content (AvgIpc) is 2.55. The Bertz CT molecular complexity index is 516. The van der Waals surface area contributed by atoms with Crippen molar-refractivity contribution in [2.24, 2.45) is 5.92 Å². The zero-order valence-electron chi connectivity index (χ0n) is 13.4. The molecule has 3 rings (SSSR count). The van der Waals surface area contributed by atoms with Gasteiger partial charge in [-0.15, -0.1) is 0 Å². The molecule has 2 aliphatic rings. The highest BCUT2D eigenvalue weighted by Gasteiger charge is 2.33. The van der Waals surface area contributed by atoms with Crippen molar-refractivity contribution in [3.8, 4) is 5.75 Å². The van der Waals surface area contributed by atoms with Crippen LogP contribution >= 0.6 is 0 Å². The predicted molar refractivity (Wildman–Crippen MR) is 88.2 cm³/mol. The summed E-state index contributed by atoms with van der Waals surface area (Å²) in [7, 11) is 1.64. The fourth-order valence-corrected chi connectivity index (χ4v) is 4.01. The van der Waals surface area contributed by atoms with E-state index in [1.165, 1.54) is 38.5 Å². The number of amides is 1. The summed E-state index contributed by atoms with van der Waals surface area (Å²) in [6.07, 6.45) is 7.86. The predicted octanol–water partition coefficient (Wildman–Crippen LogP) is 3.29. The van der Waals surface area contributed by atoms with Gasteiger partial charge in [0.25, 0.3) is 0 Å². The topological polar surface area (TPSA) is 41.6 Å². The molecule has 2 atom stereocenters. The zero-order chi connectivity index (χ0) is 15.4. The summed E-state index contributed by atoms with van der Waals surface area (Å²) in [5.41, 5.74) is 0.807. The van der Waals surface area contributed by atoms with Crippen LogP contribution < -0.4 is 10.1 Å². The molecule has 120 valence electrons. The highest BCUT2D eigenvalue weighted by atomic mass is 16.5. The number of likely N-dealkylation sites (tertiary alicyclic amines) is 1. The largest absolute Gasteiger partial charge is 0.497 e. The van der Waals surface area contributed by atoms with Crippen molar-refractivity contribution in [2.45, 2.75) is 44.6 Å². The van der Waals surface area contributed by atoms with Crippen LogP contribution in [0.25, 0.3) is 0 Å². The third kappa shape index (κ3) is 3.61. The number of rotatable bonds is 4. The molecule has 4 nitrogen and oxygen atoms in total. The van der Waals surface area contributed by atoms with Gasteiger partial charge < -0.3 is 10.1 Å². The number of nitrogens with zero attached hydrogens (tertiary/aromatic N) is 1. The van der Waals surface area contributed by atoms with Gasteiger partial charge in [-0.2, -0.15) is 0 Å². The number of anilines is 1. The summed E-state index contributed by atoms with van der Waals surface area (Å²) in [6.45, 7) is 1.57. The molecule has 1 amide bonds. The van der Waals surface area contributed by atoms with Gasteiger partial charge in [0.15, 0.2) is 0 Å². The number of fused-ring (bicyclic) bond motifs is 1. The van der Waals surface area contributed by atoms with Crippen LogP contribution in [0.5, 0.6) is 5.75 Å². The lowest BCUT2D eigenvalue weighted by Gasteiger charge is -2.43. The van der Waals surface area contributed by atoms with E-state index in [-0.39, 0.29) is 5.91 Å². The first-order valence-electron chi connectivity index (χ1n) is 8.44. The van der Waals surface area contributed by atoms with Crippen molar-refractivity contribution in [1.82, 2.24) is 4.90 Å². The van der Waals surface area contributed by atoms with Gasteiger partial charge in [0, 0.05) is 17.8 Å². The Morgan fingerprint density at radius 1 is 1.27 bits per heavy atom. The summed E-state index contributed by atoms with van der Waals surface area (Å²) in [4.78, 5) is 14.8. The molecule has 1 aromatic rings. The first kappa shape index (κ1) is 15.3. The summed E-state index contributed by atoms with van der Waals surface area (Å²) >= 11 is 0. The molecule has 1 aliphatic heterocycles. The third-order valence-corrected chi connectivity index (χ3v) is 5.06. The minimum Gasteiger partial charge on any atom is -0.497 e. The fourth-order valence-electron chi connectivity index (χ4n) is 4.01. The molecular formula is C18H26N2O2. The van der Waals surface area contributed by atoms with E-state index >= 15 is 0 Å². The Balaban J connectivity index is 1.58. The van der Waals surface area contributed by atoms with Crippen LogP contribution in [0.4, 0.5) is 5.69 Å².